The molecule has 2 aromatic rings. The average Bonchev–Trinajstić information content (AvgIpc) is 2.97. The predicted molar refractivity (Wildman–Crippen MR) is 93.8 cm³/mol. The first-order valence-electron chi connectivity index (χ1n) is 8.37. The fourth-order valence-corrected chi connectivity index (χ4v) is 2.99. The maximum absolute atomic E-state index is 4.53. The van der Waals surface area contributed by atoms with Gasteiger partial charge in [0.25, 0.3) is 0 Å². The summed E-state index contributed by atoms with van der Waals surface area (Å²) in [6, 6.07) is 6.34. The molecule has 1 aliphatic heterocycles. The molecule has 0 bridgehead atoms. The van der Waals surface area contributed by atoms with Gasteiger partial charge in [-0.15, -0.1) is 0 Å². The van der Waals surface area contributed by atoms with Crippen LogP contribution in [-0.2, 0) is 12.0 Å². The van der Waals surface area contributed by atoms with Crippen LogP contribution < -0.4 is 4.90 Å². The van der Waals surface area contributed by atoms with Crippen LogP contribution in [0.15, 0.2) is 24.4 Å². The number of rotatable bonds is 3. The Hall–Kier alpha value is -1.88. The van der Waals surface area contributed by atoms with Crippen molar-refractivity contribution in [3.05, 3.63) is 41.3 Å². The number of aromatic amines is 1. The molecule has 0 spiro atoms. The minimum Gasteiger partial charge on any atom is -0.354 e. The van der Waals surface area contributed by atoms with Crippen molar-refractivity contribution in [2.24, 2.45) is 0 Å². The SMILES string of the molecule is Cc1cccnc1N1CCN(Cc2cc(C(C)(C)C)n[nH]2)CC1. The molecule has 0 aliphatic carbocycles. The summed E-state index contributed by atoms with van der Waals surface area (Å²) >= 11 is 0. The first-order chi connectivity index (χ1) is 10.9. The number of nitrogens with one attached hydrogen (secondary N) is 1. The Morgan fingerprint density at radius 2 is 1.91 bits per heavy atom. The Morgan fingerprint density at radius 1 is 1.17 bits per heavy atom. The maximum atomic E-state index is 4.53. The maximum Gasteiger partial charge on any atom is 0.131 e. The van der Waals surface area contributed by atoms with E-state index in [1.807, 2.05) is 12.3 Å². The molecule has 5 nitrogen and oxygen atoms in total. The van der Waals surface area contributed by atoms with Gasteiger partial charge in [-0.3, -0.25) is 10.00 Å². The van der Waals surface area contributed by atoms with Crippen LogP contribution in [-0.4, -0.2) is 46.3 Å². The molecule has 0 aromatic carbocycles. The summed E-state index contributed by atoms with van der Waals surface area (Å²) in [7, 11) is 0. The normalized spacial score (nSPS) is 16.8. The first-order valence-corrected chi connectivity index (χ1v) is 8.37. The smallest absolute Gasteiger partial charge is 0.131 e. The Bertz CT molecular complexity index is 647. The van der Waals surface area contributed by atoms with E-state index in [4.69, 9.17) is 0 Å². The number of aromatic nitrogens is 3. The number of pyridine rings is 1. The van der Waals surface area contributed by atoms with Gasteiger partial charge in [0.1, 0.15) is 5.82 Å². The standard InChI is InChI=1S/C18H27N5/c1-14-6-5-7-19-17(14)23-10-8-22(9-11-23)13-15-12-16(21-20-15)18(2,3)4/h5-7,12H,8-11,13H2,1-4H3,(H,20,21). The molecule has 0 amide bonds. The van der Waals surface area contributed by atoms with Crippen LogP contribution in [0, 0.1) is 6.92 Å². The van der Waals surface area contributed by atoms with Crippen LogP contribution in [0.3, 0.4) is 0 Å². The van der Waals surface area contributed by atoms with E-state index in [9.17, 15) is 0 Å². The molecule has 1 N–H and O–H groups in total. The summed E-state index contributed by atoms with van der Waals surface area (Å²) in [6.45, 7) is 13.8. The van der Waals surface area contributed by atoms with E-state index in [0.717, 1.165) is 44.2 Å². The fourth-order valence-electron chi connectivity index (χ4n) is 2.99. The Kier molecular flexibility index (Phi) is 4.39. The third-order valence-electron chi connectivity index (χ3n) is 4.45. The van der Waals surface area contributed by atoms with Gasteiger partial charge in [-0.1, -0.05) is 26.8 Å². The van der Waals surface area contributed by atoms with Gasteiger partial charge in [0.2, 0.25) is 0 Å². The van der Waals surface area contributed by atoms with Crippen molar-refractivity contribution in [2.45, 2.75) is 39.7 Å². The molecule has 124 valence electrons. The molecule has 0 atom stereocenters. The fraction of sp³-hybridized carbons (Fsp3) is 0.556. The number of hydrogen-bond acceptors (Lipinski definition) is 4. The number of nitrogens with zero attached hydrogens (tertiary/aromatic N) is 4. The molecule has 0 radical (unpaired) electrons. The van der Waals surface area contributed by atoms with Crippen molar-refractivity contribution in [3.8, 4) is 0 Å². The molecule has 2 aromatic heterocycles. The van der Waals surface area contributed by atoms with Gasteiger partial charge in [0, 0.05) is 50.0 Å². The zero-order valence-electron chi connectivity index (χ0n) is 14.6. The second kappa shape index (κ2) is 6.32. The van der Waals surface area contributed by atoms with Crippen LogP contribution in [0.25, 0.3) is 0 Å². The van der Waals surface area contributed by atoms with Gasteiger partial charge in [0.15, 0.2) is 0 Å². The number of anilines is 1. The number of piperazine rings is 1. The van der Waals surface area contributed by atoms with E-state index in [-0.39, 0.29) is 5.41 Å². The van der Waals surface area contributed by atoms with Crippen molar-refractivity contribution >= 4 is 5.82 Å². The molecule has 0 saturated carbocycles. The van der Waals surface area contributed by atoms with E-state index in [2.05, 4.69) is 64.8 Å². The molecule has 1 fully saturated rings. The summed E-state index contributed by atoms with van der Waals surface area (Å²) in [5, 5.41) is 7.65. The van der Waals surface area contributed by atoms with Gasteiger partial charge in [-0.2, -0.15) is 5.10 Å². The summed E-state index contributed by atoms with van der Waals surface area (Å²) in [4.78, 5) is 9.40. The third-order valence-corrected chi connectivity index (χ3v) is 4.45. The van der Waals surface area contributed by atoms with E-state index in [1.54, 1.807) is 0 Å². The molecule has 1 aliphatic rings. The lowest BCUT2D eigenvalue weighted by Gasteiger charge is -2.35. The zero-order valence-corrected chi connectivity index (χ0v) is 14.6. The lowest BCUT2D eigenvalue weighted by molar-refractivity contribution is 0.246. The highest BCUT2D eigenvalue weighted by Crippen LogP contribution is 2.22. The van der Waals surface area contributed by atoms with Gasteiger partial charge < -0.3 is 4.90 Å². The minimum atomic E-state index is 0.101. The monoisotopic (exact) mass is 313 g/mol. The predicted octanol–water partition coefficient (Wildman–Crippen LogP) is 2.73. The molecule has 23 heavy (non-hydrogen) atoms. The summed E-state index contributed by atoms with van der Waals surface area (Å²) in [5.74, 6) is 1.13. The zero-order chi connectivity index (χ0) is 16.4. The molecule has 3 heterocycles. The van der Waals surface area contributed by atoms with E-state index >= 15 is 0 Å². The van der Waals surface area contributed by atoms with E-state index < -0.39 is 0 Å². The van der Waals surface area contributed by atoms with Gasteiger partial charge in [-0.05, 0) is 24.6 Å². The Labute approximate surface area is 138 Å². The van der Waals surface area contributed by atoms with Crippen molar-refractivity contribution in [1.82, 2.24) is 20.1 Å². The highest BCUT2D eigenvalue weighted by atomic mass is 15.3. The second-order valence-electron chi connectivity index (χ2n) is 7.44. The average molecular weight is 313 g/mol. The first kappa shape index (κ1) is 16.0. The summed E-state index contributed by atoms with van der Waals surface area (Å²) < 4.78 is 0. The third kappa shape index (κ3) is 3.72. The van der Waals surface area contributed by atoms with Crippen molar-refractivity contribution < 1.29 is 0 Å². The highest BCUT2D eigenvalue weighted by Gasteiger charge is 2.21. The highest BCUT2D eigenvalue weighted by molar-refractivity contribution is 5.46. The van der Waals surface area contributed by atoms with Crippen LogP contribution in [0.2, 0.25) is 0 Å². The van der Waals surface area contributed by atoms with Gasteiger partial charge in [0.05, 0.1) is 5.69 Å². The number of H-pyrrole nitrogens is 1. The molecular weight excluding hydrogens is 286 g/mol. The Morgan fingerprint density at radius 3 is 2.52 bits per heavy atom. The summed E-state index contributed by atoms with van der Waals surface area (Å²) in [5.41, 5.74) is 3.70. The molecule has 5 heteroatoms. The Balaban J connectivity index is 1.57. The van der Waals surface area contributed by atoms with Crippen molar-refractivity contribution in [2.75, 3.05) is 31.1 Å². The number of hydrogen-bond donors (Lipinski definition) is 1. The summed E-state index contributed by atoms with van der Waals surface area (Å²) in [6.07, 6.45) is 1.88. The van der Waals surface area contributed by atoms with Crippen LogP contribution in [0.4, 0.5) is 5.82 Å². The minimum absolute atomic E-state index is 0.101. The van der Waals surface area contributed by atoms with Crippen molar-refractivity contribution in [3.63, 3.8) is 0 Å². The van der Waals surface area contributed by atoms with Gasteiger partial charge >= 0.3 is 0 Å². The second-order valence-corrected chi connectivity index (χ2v) is 7.44. The lowest BCUT2D eigenvalue weighted by Crippen LogP contribution is -2.46. The topological polar surface area (TPSA) is 48.1 Å². The lowest BCUT2D eigenvalue weighted by atomic mass is 9.92. The van der Waals surface area contributed by atoms with Crippen LogP contribution >= 0.6 is 0 Å². The van der Waals surface area contributed by atoms with E-state index in [0.29, 0.717) is 0 Å². The number of aryl methyl sites for hydroxylation is 1. The van der Waals surface area contributed by atoms with Gasteiger partial charge in [-0.25, -0.2) is 4.98 Å². The molecular formula is C18H27N5. The quantitative estimate of drug-likeness (QED) is 0.946. The largest absolute Gasteiger partial charge is 0.354 e. The van der Waals surface area contributed by atoms with Crippen molar-refractivity contribution in [1.29, 1.82) is 0 Å². The molecule has 3 rings (SSSR count). The molecule has 1 saturated heterocycles. The van der Waals surface area contributed by atoms with E-state index in [1.165, 1.54) is 11.3 Å². The van der Waals surface area contributed by atoms with Crippen LogP contribution in [0.1, 0.15) is 37.7 Å². The molecule has 0 unspecified atom stereocenters. The van der Waals surface area contributed by atoms with Crippen LogP contribution in [0.5, 0.6) is 0 Å².